The maximum Gasteiger partial charge on any atom is 0.219 e. The van der Waals surface area contributed by atoms with E-state index in [2.05, 4.69) is 28.1 Å². The molecule has 0 N–H and O–H groups in total. The number of hydrogen-bond donors (Lipinski definition) is 0. The fourth-order valence-electron chi connectivity index (χ4n) is 2.68. The van der Waals surface area contributed by atoms with E-state index in [-0.39, 0.29) is 5.85 Å². The Balaban J connectivity index is 3.55. The lowest BCUT2D eigenvalue weighted by Gasteiger charge is -2.24. The van der Waals surface area contributed by atoms with Gasteiger partial charge in [0.2, 0.25) is 8.03 Å². The van der Waals surface area contributed by atoms with Crippen LogP contribution >= 0.6 is 8.03 Å². The van der Waals surface area contributed by atoms with Gasteiger partial charge in [0.1, 0.15) is 19.0 Å². The van der Waals surface area contributed by atoms with E-state index in [0.717, 1.165) is 23.9 Å². The minimum absolute atomic E-state index is 0.212. The van der Waals surface area contributed by atoms with Crippen LogP contribution in [0.5, 0.6) is 0 Å². The van der Waals surface area contributed by atoms with Gasteiger partial charge < -0.3 is 13.7 Å². The summed E-state index contributed by atoms with van der Waals surface area (Å²) in [6, 6.07) is 0. The van der Waals surface area contributed by atoms with Crippen LogP contribution in [0, 0.1) is 0 Å². The van der Waals surface area contributed by atoms with E-state index in [1.165, 1.54) is 57.8 Å². The Morgan fingerprint density at radius 3 is 1.80 bits per heavy atom. The Bertz CT molecular complexity index is 319. The molecule has 25 heavy (non-hydrogen) atoms. The topological polar surface area (TPSA) is 35.5 Å². The number of ether oxygens (including phenoxy) is 1. The lowest BCUT2D eigenvalue weighted by molar-refractivity contribution is -0.870. The van der Waals surface area contributed by atoms with Gasteiger partial charge >= 0.3 is 0 Å². The molecule has 0 saturated carbocycles. The molecule has 0 aliphatic rings. The molecular weight excluding hydrogens is 333 g/mol. The third kappa shape index (κ3) is 17.3. The quantitative estimate of drug-likeness (QED) is 0.170. The molecule has 4 nitrogen and oxygen atoms in total. The minimum atomic E-state index is -2.10. The van der Waals surface area contributed by atoms with Crippen molar-refractivity contribution >= 4 is 8.03 Å². The Morgan fingerprint density at radius 2 is 1.32 bits per heavy atom. The smallest absolute Gasteiger partial charge is 0.219 e. The van der Waals surface area contributed by atoms with Crippen molar-refractivity contribution in [2.45, 2.75) is 90.3 Å². The van der Waals surface area contributed by atoms with Crippen LogP contribution in [0.1, 0.15) is 84.5 Å². The third-order valence-corrected chi connectivity index (χ3v) is 6.05. The fraction of sp³-hybridized carbons (Fsp3) is 1.00. The zero-order valence-corrected chi connectivity index (χ0v) is 18.6. The van der Waals surface area contributed by atoms with E-state index in [1.54, 1.807) is 0 Å². The number of likely N-dealkylation sites (N-methyl/N-ethyl adjacent to an activating group) is 1. The maximum atomic E-state index is 12.2. The molecule has 0 spiro atoms. The summed E-state index contributed by atoms with van der Waals surface area (Å²) in [4.78, 5) is 0. The molecule has 0 aliphatic heterocycles. The molecule has 0 amide bonds. The van der Waals surface area contributed by atoms with Gasteiger partial charge in [-0.05, 0) is 12.8 Å². The van der Waals surface area contributed by atoms with Crippen molar-refractivity contribution in [3.8, 4) is 0 Å². The molecule has 152 valence electrons. The van der Waals surface area contributed by atoms with Gasteiger partial charge in [-0.3, -0.25) is 4.57 Å². The second-order valence-corrected chi connectivity index (χ2v) is 9.70. The molecule has 0 saturated heterocycles. The predicted octanol–water partition coefficient (Wildman–Crippen LogP) is 5.86. The maximum absolute atomic E-state index is 12.2. The molecule has 2 atom stereocenters. The Labute approximate surface area is 158 Å². The molecule has 0 rings (SSSR count). The highest BCUT2D eigenvalue weighted by molar-refractivity contribution is 7.39. The van der Waals surface area contributed by atoms with E-state index < -0.39 is 8.03 Å². The summed E-state index contributed by atoms with van der Waals surface area (Å²) in [5.41, 5.74) is 0. The Hall–Kier alpha value is 0.110. The average molecular weight is 379 g/mol. The fourth-order valence-corrected chi connectivity index (χ4v) is 3.75. The summed E-state index contributed by atoms with van der Waals surface area (Å²) in [5, 5.41) is 0. The van der Waals surface area contributed by atoms with Crippen molar-refractivity contribution in [1.82, 2.24) is 0 Å². The summed E-state index contributed by atoms with van der Waals surface area (Å²) < 4.78 is 24.4. The van der Waals surface area contributed by atoms with Crippen molar-refractivity contribution in [1.29, 1.82) is 0 Å². The normalized spacial score (nSPS) is 14.6. The molecule has 0 aromatic carbocycles. The second-order valence-electron chi connectivity index (χ2n) is 8.13. The summed E-state index contributed by atoms with van der Waals surface area (Å²) >= 11 is 0. The van der Waals surface area contributed by atoms with Crippen LogP contribution in [0.25, 0.3) is 0 Å². The Morgan fingerprint density at radius 1 is 0.800 bits per heavy atom. The number of unbranched alkanes of at least 4 members (excludes halogenated alkanes) is 9. The van der Waals surface area contributed by atoms with Gasteiger partial charge in [0.25, 0.3) is 0 Å². The van der Waals surface area contributed by atoms with Gasteiger partial charge in [0, 0.05) is 6.61 Å². The molecule has 0 heterocycles. The van der Waals surface area contributed by atoms with Gasteiger partial charge in [-0.15, -0.1) is 0 Å². The van der Waals surface area contributed by atoms with Gasteiger partial charge in [0.15, 0.2) is 0 Å². The lowest BCUT2D eigenvalue weighted by atomic mass is 10.1. The van der Waals surface area contributed by atoms with Crippen LogP contribution < -0.4 is 0 Å². The molecule has 0 radical (unpaired) electrons. The second kappa shape index (κ2) is 16.3. The highest BCUT2D eigenvalue weighted by Gasteiger charge is 2.17. The van der Waals surface area contributed by atoms with E-state index >= 15 is 0 Å². The van der Waals surface area contributed by atoms with Gasteiger partial charge in [-0.25, -0.2) is 0 Å². The zero-order chi connectivity index (χ0) is 19.0. The Kier molecular flexibility index (Phi) is 16.4. The standard InChI is InChI=1S/C20H45NO3P/c1-6-8-9-10-11-12-13-14-15-16-18-23-20(7-2)25(22)24-19-17-21(3,4)5/h20,25H,6-19H2,1-5H3/q+1. The zero-order valence-electron chi connectivity index (χ0n) is 17.6. The molecular formula is C20H45NO3P+. The van der Waals surface area contributed by atoms with Crippen LogP contribution in [0.4, 0.5) is 0 Å². The van der Waals surface area contributed by atoms with Crippen molar-refractivity contribution in [3.63, 3.8) is 0 Å². The van der Waals surface area contributed by atoms with Crippen molar-refractivity contribution in [2.24, 2.45) is 0 Å². The molecule has 0 aliphatic carbocycles. The van der Waals surface area contributed by atoms with Crippen LogP contribution in [-0.4, -0.2) is 51.2 Å². The summed E-state index contributed by atoms with van der Waals surface area (Å²) in [6.45, 7) is 6.41. The molecule has 5 heteroatoms. The first-order valence-electron chi connectivity index (χ1n) is 10.5. The highest BCUT2D eigenvalue weighted by Crippen LogP contribution is 2.32. The summed E-state index contributed by atoms with van der Waals surface area (Å²) in [5.74, 6) is -0.212. The van der Waals surface area contributed by atoms with E-state index in [1.807, 2.05) is 6.92 Å². The van der Waals surface area contributed by atoms with Gasteiger partial charge in [-0.1, -0.05) is 71.6 Å². The number of quaternary nitrogens is 1. The predicted molar refractivity (Wildman–Crippen MR) is 110 cm³/mol. The van der Waals surface area contributed by atoms with Crippen molar-refractivity contribution in [3.05, 3.63) is 0 Å². The van der Waals surface area contributed by atoms with Gasteiger partial charge in [0.05, 0.1) is 21.1 Å². The number of rotatable bonds is 18. The minimum Gasteiger partial charge on any atom is -0.368 e. The first kappa shape index (κ1) is 25.1. The first-order chi connectivity index (χ1) is 11.9. The molecule has 2 unspecified atom stereocenters. The van der Waals surface area contributed by atoms with Crippen LogP contribution in [0.15, 0.2) is 0 Å². The van der Waals surface area contributed by atoms with E-state index in [9.17, 15) is 4.57 Å². The van der Waals surface area contributed by atoms with E-state index in [0.29, 0.717) is 13.2 Å². The van der Waals surface area contributed by atoms with Crippen LogP contribution in [0.2, 0.25) is 0 Å². The third-order valence-electron chi connectivity index (χ3n) is 4.46. The van der Waals surface area contributed by atoms with Gasteiger partial charge in [-0.2, -0.15) is 0 Å². The summed E-state index contributed by atoms with van der Waals surface area (Å²) in [7, 11) is 4.24. The molecule has 0 aromatic rings. The molecule has 0 aromatic heterocycles. The number of nitrogens with zero attached hydrogens (tertiary/aromatic N) is 1. The largest absolute Gasteiger partial charge is 0.368 e. The first-order valence-corrected chi connectivity index (χ1v) is 11.9. The monoisotopic (exact) mass is 378 g/mol. The van der Waals surface area contributed by atoms with Crippen LogP contribution in [0.3, 0.4) is 0 Å². The molecule has 0 bridgehead atoms. The summed E-state index contributed by atoms with van der Waals surface area (Å²) in [6.07, 6.45) is 14.0. The SMILES string of the molecule is CCCCCCCCCCCCOC(CC)[PH](=O)OCC[N+](C)(C)C. The van der Waals surface area contributed by atoms with Crippen molar-refractivity contribution < 1.29 is 18.3 Å². The molecule has 0 fully saturated rings. The van der Waals surface area contributed by atoms with Crippen molar-refractivity contribution in [2.75, 3.05) is 40.9 Å². The highest BCUT2D eigenvalue weighted by atomic mass is 31.1. The average Bonchev–Trinajstić information content (AvgIpc) is 2.54. The lowest BCUT2D eigenvalue weighted by Crippen LogP contribution is -2.37. The van der Waals surface area contributed by atoms with E-state index in [4.69, 9.17) is 9.26 Å². The number of hydrogen-bond acceptors (Lipinski definition) is 3. The van der Waals surface area contributed by atoms with Crippen LogP contribution in [-0.2, 0) is 13.8 Å².